The molecule has 4 heteroatoms. The standard InChI is InChI=1S/C12H12ClNS2/c1-15-11-4-2-10(3-5-11)14-7-12-6-9(13)8-16-12/h2-6,8,14H,7H2,1H3. The molecule has 0 fully saturated rings. The largest absolute Gasteiger partial charge is 0.380 e. The van der Waals surface area contributed by atoms with Crippen LogP contribution >= 0.6 is 34.7 Å². The lowest BCUT2D eigenvalue weighted by Crippen LogP contribution is -1.96. The highest BCUT2D eigenvalue weighted by molar-refractivity contribution is 7.98. The smallest absolute Gasteiger partial charge is 0.0516 e. The zero-order chi connectivity index (χ0) is 11.4. The van der Waals surface area contributed by atoms with Crippen molar-refractivity contribution in [3.63, 3.8) is 0 Å². The summed E-state index contributed by atoms with van der Waals surface area (Å²) in [6.07, 6.45) is 2.08. The molecule has 0 spiro atoms. The number of halogens is 1. The second kappa shape index (κ2) is 5.62. The molecule has 0 aliphatic rings. The maximum absolute atomic E-state index is 5.86. The van der Waals surface area contributed by atoms with Crippen molar-refractivity contribution in [2.24, 2.45) is 0 Å². The van der Waals surface area contributed by atoms with E-state index in [1.165, 1.54) is 9.77 Å². The highest BCUT2D eigenvalue weighted by atomic mass is 35.5. The molecule has 0 radical (unpaired) electrons. The quantitative estimate of drug-likeness (QED) is 0.805. The van der Waals surface area contributed by atoms with Crippen LogP contribution in [0.5, 0.6) is 0 Å². The summed E-state index contributed by atoms with van der Waals surface area (Å²) in [6, 6.07) is 10.4. The number of hydrogen-bond acceptors (Lipinski definition) is 3. The molecule has 0 aliphatic carbocycles. The maximum Gasteiger partial charge on any atom is 0.0516 e. The number of rotatable bonds is 4. The van der Waals surface area contributed by atoms with Gasteiger partial charge in [-0.3, -0.25) is 0 Å². The van der Waals surface area contributed by atoms with Gasteiger partial charge in [-0.1, -0.05) is 11.6 Å². The van der Waals surface area contributed by atoms with Gasteiger partial charge < -0.3 is 5.32 Å². The zero-order valence-electron chi connectivity index (χ0n) is 8.87. The summed E-state index contributed by atoms with van der Waals surface area (Å²) >= 11 is 9.29. The molecule has 0 saturated carbocycles. The van der Waals surface area contributed by atoms with E-state index in [1.807, 2.05) is 11.4 Å². The minimum Gasteiger partial charge on any atom is -0.380 e. The molecule has 16 heavy (non-hydrogen) atoms. The van der Waals surface area contributed by atoms with Crippen molar-refractivity contribution >= 4 is 40.4 Å². The predicted octanol–water partition coefficient (Wildman–Crippen LogP) is 4.74. The van der Waals surface area contributed by atoms with Crippen LogP contribution in [0, 0.1) is 0 Å². The highest BCUT2D eigenvalue weighted by Crippen LogP contribution is 2.21. The third-order valence-electron chi connectivity index (χ3n) is 2.18. The topological polar surface area (TPSA) is 12.0 Å². The number of thioether (sulfide) groups is 1. The Morgan fingerprint density at radius 3 is 2.62 bits per heavy atom. The average molecular weight is 270 g/mol. The van der Waals surface area contributed by atoms with Gasteiger partial charge in [0.1, 0.15) is 0 Å². The second-order valence-corrected chi connectivity index (χ2v) is 5.63. The van der Waals surface area contributed by atoms with Crippen molar-refractivity contribution in [2.75, 3.05) is 11.6 Å². The Hall–Kier alpha value is -0.640. The van der Waals surface area contributed by atoms with Crippen molar-refractivity contribution in [3.8, 4) is 0 Å². The Morgan fingerprint density at radius 2 is 2.06 bits per heavy atom. The van der Waals surface area contributed by atoms with E-state index >= 15 is 0 Å². The predicted molar refractivity (Wildman–Crippen MR) is 74.9 cm³/mol. The summed E-state index contributed by atoms with van der Waals surface area (Å²) in [7, 11) is 0. The first-order valence-electron chi connectivity index (χ1n) is 4.89. The van der Waals surface area contributed by atoms with Gasteiger partial charge >= 0.3 is 0 Å². The van der Waals surface area contributed by atoms with E-state index < -0.39 is 0 Å². The van der Waals surface area contributed by atoms with E-state index in [-0.39, 0.29) is 0 Å². The Kier molecular flexibility index (Phi) is 4.16. The van der Waals surface area contributed by atoms with Crippen LogP contribution in [-0.4, -0.2) is 6.26 Å². The van der Waals surface area contributed by atoms with E-state index in [0.29, 0.717) is 0 Å². The zero-order valence-corrected chi connectivity index (χ0v) is 11.3. The van der Waals surface area contributed by atoms with Gasteiger partial charge in [0.05, 0.1) is 5.02 Å². The van der Waals surface area contributed by atoms with Crippen LogP contribution in [0.4, 0.5) is 5.69 Å². The fourth-order valence-corrected chi connectivity index (χ4v) is 2.77. The molecule has 1 aromatic carbocycles. The summed E-state index contributed by atoms with van der Waals surface area (Å²) in [6.45, 7) is 0.829. The van der Waals surface area contributed by atoms with Crippen molar-refractivity contribution in [3.05, 3.63) is 45.6 Å². The lowest BCUT2D eigenvalue weighted by atomic mass is 10.3. The number of thiophene rings is 1. The third kappa shape index (κ3) is 3.17. The average Bonchev–Trinajstić information content (AvgIpc) is 2.73. The Balaban J connectivity index is 1.94. The van der Waals surface area contributed by atoms with Gasteiger partial charge in [-0.25, -0.2) is 0 Å². The first kappa shape index (κ1) is 11.8. The van der Waals surface area contributed by atoms with Crippen molar-refractivity contribution < 1.29 is 0 Å². The Bertz CT molecular complexity index is 450. The summed E-state index contributed by atoms with van der Waals surface area (Å²) in [5.74, 6) is 0. The van der Waals surface area contributed by atoms with Gasteiger partial charge in [-0.05, 0) is 36.6 Å². The van der Waals surface area contributed by atoms with Gasteiger partial charge in [0, 0.05) is 27.4 Å². The van der Waals surface area contributed by atoms with Crippen LogP contribution in [0.25, 0.3) is 0 Å². The molecule has 2 aromatic rings. The summed E-state index contributed by atoms with van der Waals surface area (Å²) in [4.78, 5) is 2.53. The molecule has 0 atom stereocenters. The second-order valence-electron chi connectivity index (χ2n) is 3.31. The summed E-state index contributed by atoms with van der Waals surface area (Å²) < 4.78 is 0. The molecule has 0 bridgehead atoms. The molecule has 84 valence electrons. The monoisotopic (exact) mass is 269 g/mol. The van der Waals surface area contributed by atoms with Crippen LogP contribution < -0.4 is 5.32 Å². The minimum atomic E-state index is 0.819. The number of nitrogens with one attached hydrogen (secondary N) is 1. The molecule has 0 saturated heterocycles. The maximum atomic E-state index is 5.86. The van der Waals surface area contributed by atoms with Crippen LogP contribution in [0.15, 0.2) is 40.6 Å². The van der Waals surface area contributed by atoms with E-state index in [1.54, 1.807) is 23.1 Å². The van der Waals surface area contributed by atoms with Gasteiger partial charge in [0.15, 0.2) is 0 Å². The number of hydrogen-bond donors (Lipinski definition) is 1. The fraction of sp³-hybridized carbons (Fsp3) is 0.167. The Labute approximate surface area is 109 Å². The van der Waals surface area contributed by atoms with Crippen molar-refractivity contribution in [2.45, 2.75) is 11.4 Å². The molecule has 2 rings (SSSR count). The summed E-state index contributed by atoms with van der Waals surface area (Å²) in [5.41, 5.74) is 1.14. The molecule has 1 N–H and O–H groups in total. The van der Waals surface area contributed by atoms with Gasteiger partial charge in [-0.2, -0.15) is 0 Å². The minimum absolute atomic E-state index is 0.819. The first-order valence-corrected chi connectivity index (χ1v) is 7.37. The van der Waals surface area contributed by atoms with Crippen LogP contribution in [0.1, 0.15) is 4.88 Å². The molecular weight excluding hydrogens is 258 g/mol. The molecule has 1 nitrogen and oxygen atoms in total. The fourth-order valence-electron chi connectivity index (χ4n) is 1.34. The van der Waals surface area contributed by atoms with Crippen molar-refractivity contribution in [1.82, 2.24) is 0 Å². The molecule has 1 heterocycles. The molecule has 0 aliphatic heterocycles. The van der Waals surface area contributed by atoms with Gasteiger partial charge in [-0.15, -0.1) is 23.1 Å². The lowest BCUT2D eigenvalue weighted by molar-refractivity contribution is 1.19. The first-order chi connectivity index (χ1) is 7.78. The van der Waals surface area contributed by atoms with E-state index in [9.17, 15) is 0 Å². The molecular formula is C12H12ClNS2. The van der Waals surface area contributed by atoms with Gasteiger partial charge in [0.25, 0.3) is 0 Å². The number of anilines is 1. The lowest BCUT2D eigenvalue weighted by Gasteiger charge is -2.05. The van der Waals surface area contributed by atoms with Crippen LogP contribution in [-0.2, 0) is 6.54 Å². The third-order valence-corrected chi connectivity index (χ3v) is 4.21. The molecule has 0 unspecified atom stereocenters. The van der Waals surface area contributed by atoms with E-state index in [4.69, 9.17) is 11.6 Å². The SMILES string of the molecule is CSc1ccc(NCc2cc(Cl)cs2)cc1. The molecule has 0 amide bonds. The highest BCUT2D eigenvalue weighted by Gasteiger charge is 1.98. The summed E-state index contributed by atoms with van der Waals surface area (Å²) in [5, 5.41) is 6.14. The van der Waals surface area contributed by atoms with Crippen LogP contribution in [0.3, 0.4) is 0 Å². The van der Waals surface area contributed by atoms with E-state index in [2.05, 4.69) is 35.8 Å². The normalized spacial score (nSPS) is 10.4. The number of benzene rings is 1. The van der Waals surface area contributed by atoms with Crippen molar-refractivity contribution in [1.29, 1.82) is 0 Å². The van der Waals surface area contributed by atoms with E-state index in [0.717, 1.165) is 17.3 Å². The van der Waals surface area contributed by atoms with Gasteiger partial charge in [0.2, 0.25) is 0 Å². The molecule has 1 aromatic heterocycles. The van der Waals surface area contributed by atoms with Crippen LogP contribution in [0.2, 0.25) is 5.02 Å². The Morgan fingerprint density at radius 1 is 1.31 bits per heavy atom.